The molecule has 0 radical (unpaired) electrons. The lowest BCUT2D eigenvalue weighted by molar-refractivity contribution is 0.521. The lowest BCUT2D eigenvalue weighted by Gasteiger charge is -2.47. The van der Waals surface area contributed by atoms with E-state index >= 15 is 0 Å². The van der Waals surface area contributed by atoms with E-state index in [0.717, 1.165) is 15.7 Å². The summed E-state index contributed by atoms with van der Waals surface area (Å²) in [6, 6.07) is 7.88. The molecular weight excluding hydrogens is 288 g/mol. The zero-order chi connectivity index (χ0) is 16.0. The highest BCUT2D eigenvalue weighted by Gasteiger charge is 2.40. The summed E-state index contributed by atoms with van der Waals surface area (Å²) >= 11 is 0. The number of fused-ring (bicyclic) bond motifs is 1. The first-order valence-corrected chi connectivity index (χ1v) is 8.08. The van der Waals surface area contributed by atoms with Crippen molar-refractivity contribution in [3.8, 4) is 0 Å². The van der Waals surface area contributed by atoms with Gasteiger partial charge in [0.25, 0.3) is 0 Å². The van der Waals surface area contributed by atoms with Gasteiger partial charge in [-0.05, 0) is 26.0 Å². The van der Waals surface area contributed by atoms with E-state index in [1.807, 2.05) is 62.0 Å². The predicted molar refractivity (Wildman–Crippen MR) is 87.4 cm³/mol. The maximum atomic E-state index is 12.1. The van der Waals surface area contributed by atoms with Crippen LogP contribution in [0.4, 0.5) is 11.4 Å². The predicted octanol–water partition coefficient (Wildman–Crippen LogP) is 1.56. The summed E-state index contributed by atoms with van der Waals surface area (Å²) < 4.78 is 29.5. The van der Waals surface area contributed by atoms with E-state index in [0.29, 0.717) is 5.84 Å². The van der Waals surface area contributed by atoms with E-state index in [9.17, 15) is 8.42 Å². The van der Waals surface area contributed by atoms with Crippen LogP contribution in [0.25, 0.3) is 0 Å². The zero-order valence-electron chi connectivity index (χ0n) is 13.3. The van der Waals surface area contributed by atoms with Crippen molar-refractivity contribution in [1.82, 2.24) is 4.31 Å². The number of rotatable bonds is 2. The molecule has 0 N–H and O–H groups in total. The van der Waals surface area contributed by atoms with Crippen LogP contribution in [0.1, 0.15) is 13.8 Å². The number of benzene rings is 1. The van der Waals surface area contributed by atoms with Crippen molar-refractivity contribution < 1.29 is 8.42 Å². The van der Waals surface area contributed by atoms with Gasteiger partial charge >= 0.3 is 10.2 Å². The van der Waals surface area contributed by atoms with Gasteiger partial charge in [-0.3, -0.25) is 0 Å². The summed E-state index contributed by atoms with van der Waals surface area (Å²) in [5, 5.41) is 0. The van der Waals surface area contributed by atoms with Gasteiger partial charge < -0.3 is 9.80 Å². The molecule has 6 nitrogen and oxygen atoms in total. The van der Waals surface area contributed by atoms with Crippen LogP contribution in [0, 0.1) is 0 Å². The van der Waals surface area contributed by atoms with Crippen LogP contribution >= 0.6 is 0 Å². The van der Waals surface area contributed by atoms with E-state index in [4.69, 9.17) is 0 Å². The Morgan fingerprint density at radius 1 is 1.10 bits per heavy atom. The third-order valence-electron chi connectivity index (χ3n) is 3.97. The van der Waals surface area contributed by atoms with Crippen molar-refractivity contribution in [3.63, 3.8) is 0 Å². The minimum absolute atomic E-state index is 0.498. The Labute approximate surface area is 126 Å². The van der Waals surface area contributed by atoms with Gasteiger partial charge in [-0.15, -0.1) is 4.40 Å². The second kappa shape index (κ2) is 4.99. The van der Waals surface area contributed by atoms with Gasteiger partial charge in [0, 0.05) is 28.2 Å². The number of amidine groups is 1. The maximum absolute atomic E-state index is 12.1. The fourth-order valence-corrected chi connectivity index (χ4v) is 3.10. The molecule has 0 fully saturated rings. The molecule has 0 bridgehead atoms. The van der Waals surface area contributed by atoms with Gasteiger partial charge in [0.1, 0.15) is 5.84 Å². The SMILES string of the molecule is CN1C(=NS(=O)(=O)N(C)C)C(C)(C)N(C)c2ccccc21. The van der Waals surface area contributed by atoms with Crippen LogP contribution in [0.5, 0.6) is 0 Å². The van der Waals surface area contributed by atoms with Crippen LogP contribution in [0.15, 0.2) is 28.7 Å². The minimum Gasteiger partial charge on any atom is -0.361 e. The Morgan fingerprint density at radius 3 is 2.14 bits per heavy atom. The van der Waals surface area contributed by atoms with Crippen LogP contribution in [0.3, 0.4) is 0 Å². The minimum atomic E-state index is -3.67. The molecular formula is C14H22N4O2S. The first-order valence-electron chi connectivity index (χ1n) is 6.68. The summed E-state index contributed by atoms with van der Waals surface area (Å²) in [4.78, 5) is 3.89. The average Bonchev–Trinajstić information content (AvgIpc) is 2.41. The summed E-state index contributed by atoms with van der Waals surface area (Å²) in [5.41, 5.74) is 1.45. The third-order valence-corrected chi connectivity index (χ3v) is 5.30. The highest BCUT2D eigenvalue weighted by Crippen LogP contribution is 2.39. The smallest absolute Gasteiger partial charge is 0.323 e. The topological polar surface area (TPSA) is 56.2 Å². The lowest BCUT2D eigenvalue weighted by atomic mass is 9.95. The normalized spacial score (nSPS) is 20.0. The number of likely N-dealkylation sites (N-methyl/N-ethyl adjacent to an activating group) is 2. The van der Waals surface area contributed by atoms with E-state index < -0.39 is 15.7 Å². The molecule has 1 aromatic carbocycles. The molecule has 1 aromatic rings. The number of hydrogen-bond acceptors (Lipinski definition) is 3. The molecule has 1 aliphatic heterocycles. The number of anilines is 2. The van der Waals surface area contributed by atoms with E-state index in [1.54, 1.807) is 0 Å². The molecule has 0 unspecified atom stereocenters. The standard InChI is InChI=1S/C14H22N4O2S/c1-14(2)13(15-21(19,20)16(3)4)17(5)11-9-7-8-10-12(11)18(14)6/h7-10H,1-6H3. The Bertz CT molecular complexity index is 680. The highest BCUT2D eigenvalue weighted by molar-refractivity contribution is 7.87. The van der Waals surface area contributed by atoms with Crippen molar-refractivity contribution in [3.05, 3.63) is 24.3 Å². The number of nitrogens with zero attached hydrogens (tertiary/aromatic N) is 4. The van der Waals surface area contributed by atoms with Crippen LogP contribution in [-0.4, -0.2) is 52.3 Å². The molecule has 0 aliphatic carbocycles. The maximum Gasteiger partial charge on any atom is 0.323 e. The Kier molecular flexibility index (Phi) is 3.75. The molecule has 0 aromatic heterocycles. The monoisotopic (exact) mass is 310 g/mol. The molecule has 2 rings (SSSR count). The van der Waals surface area contributed by atoms with E-state index in [-0.39, 0.29) is 0 Å². The van der Waals surface area contributed by atoms with Crippen molar-refractivity contribution in [2.24, 2.45) is 4.40 Å². The zero-order valence-corrected chi connectivity index (χ0v) is 14.1. The molecule has 0 saturated carbocycles. The molecule has 1 aliphatic rings. The molecule has 0 spiro atoms. The summed E-state index contributed by atoms with van der Waals surface area (Å²) in [7, 11) is 3.08. The molecule has 21 heavy (non-hydrogen) atoms. The fourth-order valence-electron chi connectivity index (χ4n) is 2.37. The average molecular weight is 310 g/mol. The second-order valence-corrected chi connectivity index (χ2v) is 7.65. The fraction of sp³-hybridized carbons (Fsp3) is 0.500. The van der Waals surface area contributed by atoms with Gasteiger partial charge in [0.05, 0.1) is 16.9 Å². The van der Waals surface area contributed by atoms with Gasteiger partial charge in [-0.2, -0.15) is 12.7 Å². The Hall–Kier alpha value is -1.60. The van der Waals surface area contributed by atoms with E-state index in [1.165, 1.54) is 14.1 Å². The molecule has 1 heterocycles. The Morgan fingerprint density at radius 2 is 1.62 bits per heavy atom. The highest BCUT2D eigenvalue weighted by atomic mass is 32.2. The van der Waals surface area contributed by atoms with Crippen LogP contribution < -0.4 is 9.80 Å². The van der Waals surface area contributed by atoms with Crippen molar-refractivity contribution >= 4 is 27.4 Å². The number of para-hydroxylation sites is 2. The van der Waals surface area contributed by atoms with Crippen molar-refractivity contribution in [1.29, 1.82) is 0 Å². The van der Waals surface area contributed by atoms with Crippen molar-refractivity contribution in [2.45, 2.75) is 19.4 Å². The molecule has 0 atom stereocenters. The molecule has 116 valence electrons. The van der Waals surface area contributed by atoms with Gasteiger partial charge in [-0.25, -0.2) is 0 Å². The summed E-state index contributed by atoms with van der Waals surface area (Å²) in [6.45, 7) is 3.92. The third kappa shape index (κ3) is 2.51. The summed E-state index contributed by atoms with van der Waals surface area (Å²) in [6.07, 6.45) is 0. The Balaban J connectivity index is 2.66. The van der Waals surface area contributed by atoms with Gasteiger partial charge in [0.2, 0.25) is 0 Å². The first-order chi connectivity index (χ1) is 9.59. The van der Waals surface area contributed by atoms with Crippen LogP contribution in [-0.2, 0) is 10.2 Å². The van der Waals surface area contributed by atoms with E-state index in [2.05, 4.69) is 4.40 Å². The molecule has 0 amide bonds. The second-order valence-electron chi connectivity index (χ2n) is 5.84. The summed E-state index contributed by atoms with van der Waals surface area (Å²) in [5.74, 6) is 0.498. The largest absolute Gasteiger partial charge is 0.361 e. The first kappa shape index (κ1) is 15.8. The molecule has 0 saturated heterocycles. The van der Waals surface area contributed by atoms with Crippen molar-refractivity contribution in [2.75, 3.05) is 38.0 Å². The molecule has 7 heteroatoms. The number of hydrogen-bond donors (Lipinski definition) is 0. The van der Waals surface area contributed by atoms with Gasteiger partial charge in [-0.1, -0.05) is 12.1 Å². The quantitative estimate of drug-likeness (QED) is 0.832. The lowest BCUT2D eigenvalue weighted by Crippen LogP contribution is -2.58. The van der Waals surface area contributed by atoms with Crippen LogP contribution in [0.2, 0.25) is 0 Å². The van der Waals surface area contributed by atoms with Gasteiger partial charge in [0.15, 0.2) is 0 Å².